The highest BCUT2D eigenvalue weighted by atomic mass is 32.2. The first-order valence-electron chi connectivity index (χ1n) is 6.74. The summed E-state index contributed by atoms with van der Waals surface area (Å²) in [6.07, 6.45) is 0.496. The van der Waals surface area contributed by atoms with Crippen LogP contribution in [0.1, 0.15) is 25.8 Å². The number of rotatable bonds is 4. The van der Waals surface area contributed by atoms with Crippen molar-refractivity contribution in [1.82, 2.24) is 4.72 Å². The van der Waals surface area contributed by atoms with Crippen molar-refractivity contribution < 1.29 is 17.9 Å². The van der Waals surface area contributed by atoms with E-state index >= 15 is 0 Å². The van der Waals surface area contributed by atoms with Crippen molar-refractivity contribution in [2.24, 2.45) is 0 Å². The number of anilines is 2. The van der Waals surface area contributed by atoms with Crippen LogP contribution in [-0.2, 0) is 21.4 Å². The first-order chi connectivity index (χ1) is 9.85. The van der Waals surface area contributed by atoms with E-state index in [-0.39, 0.29) is 0 Å². The molecule has 1 aromatic rings. The van der Waals surface area contributed by atoms with Crippen LogP contribution in [0.2, 0.25) is 0 Å². The Labute approximate surface area is 124 Å². The maximum atomic E-state index is 11.8. The zero-order chi connectivity index (χ0) is 15.5. The summed E-state index contributed by atoms with van der Waals surface area (Å²) >= 11 is 0. The molecule has 0 radical (unpaired) electrons. The van der Waals surface area contributed by atoms with E-state index in [0.29, 0.717) is 5.69 Å². The molecule has 1 aliphatic rings. The molecule has 1 amide bonds. The molecule has 116 valence electrons. The number of hydrogen-bond donors (Lipinski definition) is 3. The summed E-state index contributed by atoms with van der Waals surface area (Å²) in [6.45, 7) is 4.19. The molecule has 2 rings (SSSR count). The second-order valence-corrected chi connectivity index (χ2v) is 6.48. The van der Waals surface area contributed by atoms with Crippen LogP contribution in [0.5, 0.6) is 0 Å². The van der Waals surface area contributed by atoms with Gasteiger partial charge in [-0.25, -0.2) is 9.52 Å². The number of carbonyl (C=O) groups excluding carboxylic acids is 1. The first-order valence-corrected chi connectivity index (χ1v) is 8.22. The molecule has 0 aromatic heterocycles. The lowest BCUT2D eigenvalue weighted by molar-refractivity contribution is 0.121. The number of nitrogens with one attached hydrogen (secondary N) is 3. The van der Waals surface area contributed by atoms with E-state index in [1.807, 2.05) is 6.07 Å². The molecular weight excluding hydrogens is 294 g/mol. The lowest BCUT2D eigenvalue weighted by atomic mass is 10.0. The van der Waals surface area contributed by atoms with Gasteiger partial charge in [0.1, 0.15) is 0 Å². The predicted octanol–water partition coefficient (Wildman–Crippen LogP) is 1.84. The first kappa shape index (κ1) is 15.4. The molecule has 1 aromatic carbocycles. The Morgan fingerprint density at radius 3 is 2.86 bits per heavy atom. The minimum atomic E-state index is -4.00. The quantitative estimate of drug-likeness (QED) is 0.788. The van der Waals surface area contributed by atoms with Gasteiger partial charge in [0.05, 0.1) is 11.8 Å². The highest BCUT2D eigenvalue weighted by molar-refractivity contribution is 7.91. The minimum Gasteiger partial charge on any atom is -0.446 e. The molecule has 8 heteroatoms. The van der Waals surface area contributed by atoms with Crippen LogP contribution >= 0.6 is 0 Å². The summed E-state index contributed by atoms with van der Waals surface area (Å²) < 4.78 is 32.5. The maximum absolute atomic E-state index is 11.8. The number of benzene rings is 1. The van der Waals surface area contributed by atoms with Crippen molar-refractivity contribution in [2.75, 3.05) is 16.6 Å². The Morgan fingerprint density at radius 1 is 1.38 bits per heavy atom. The zero-order valence-corrected chi connectivity index (χ0v) is 12.8. The van der Waals surface area contributed by atoms with Crippen LogP contribution in [0.25, 0.3) is 0 Å². The average molecular weight is 313 g/mol. The van der Waals surface area contributed by atoms with Gasteiger partial charge in [0.2, 0.25) is 0 Å². The molecule has 0 bridgehead atoms. The highest BCUT2D eigenvalue weighted by Crippen LogP contribution is 2.25. The van der Waals surface area contributed by atoms with E-state index in [1.165, 1.54) is 0 Å². The number of hydrogen-bond acceptors (Lipinski definition) is 5. The van der Waals surface area contributed by atoms with E-state index in [0.717, 1.165) is 30.6 Å². The third-order valence-corrected chi connectivity index (χ3v) is 3.80. The van der Waals surface area contributed by atoms with Crippen molar-refractivity contribution in [3.8, 4) is 0 Å². The molecule has 0 unspecified atom stereocenters. The largest absolute Gasteiger partial charge is 0.446 e. The van der Waals surface area contributed by atoms with Crippen LogP contribution < -0.4 is 14.8 Å². The zero-order valence-electron chi connectivity index (χ0n) is 12.0. The van der Waals surface area contributed by atoms with Crippen LogP contribution in [0.3, 0.4) is 0 Å². The van der Waals surface area contributed by atoms with E-state index in [1.54, 1.807) is 30.7 Å². The molecule has 0 spiro atoms. The van der Waals surface area contributed by atoms with Gasteiger partial charge in [-0.05, 0) is 50.5 Å². The van der Waals surface area contributed by atoms with Gasteiger partial charge in [0, 0.05) is 12.2 Å². The van der Waals surface area contributed by atoms with Crippen LogP contribution in [0.4, 0.5) is 16.2 Å². The summed E-state index contributed by atoms with van der Waals surface area (Å²) in [5.41, 5.74) is 2.46. The molecule has 0 atom stereocenters. The Hall–Kier alpha value is -1.96. The van der Waals surface area contributed by atoms with Crippen molar-refractivity contribution in [1.29, 1.82) is 0 Å². The molecular formula is C13H19N3O4S. The smallest absolute Gasteiger partial charge is 0.422 e. The molecule has 1 heterocycles. The van der Waals surface area contributed by atoms with Crippen LogP contribution in [-0.4, -0.2) is 27.2 Å². The van der Waals surface area contributed by atoms with Gasteiger partial charge in [0.15, 0.2) is 0 Å². The summed E-state index contributed by atoms with van der Waals surface area (Å²) in [5.74, 6) is 0. The third-order valence-electron chi connectivity index (χ3n) is 2.86. The van der Waals surface area contributed by atoms with Gasteiger partial charge in [-0.1, -0.05) is 0 Å². The molecule has 3 N–H and O–H groups in total. The fourth-order valence-corrected chi connectivity index (χ4v) is 2.82. The summed E-state index contributed by atoms with van der Waals surface area (Å²) in [5, 5.41) is 3.24. The monoisotopic (exact) mass is 313 g/mol. The Kier molecular flexibility index (Phi) is 4.56. The van der Waals surface area contributed by atoms with Crippen molar-refractivity contribution >= 4 is 27.7 Å². The lowest BCUT2D eigenvalue weighted by Crippen LogP contribution is -2.36. The van der Waals surface area contributed by atoms with Crippen molar-refractivity contribution in [3.63, 3.8) is 0 Å². The number of amides is 1. The fourth-order valence-electron chi connectivity index (χ4n) is 2.07. The van der Waals surface area contributed by atoms with Crippen molar-refractivity contribution in [3.05, 3.63) is 23.8 Å². The standard InChI is InChI=1S/C13H19N3O4S/c1-9(2)20-13(17)16-21(18,19)15-11-5-6-12-10(8-11)4-3-7-14-12/h5-6,8-9,14-15H,3-4,7H2,1-2H3,(H,16,17). The third kappa shape index (κ3) is 4.52. The summed E-state index contributed by atoms with van der Waals surface area (Å²) in [7, 11) is -4.00. The lowest BCUT2D eigenvalue weighted by Gasteiger charge is -2.19. The van der Waals surface area contributed by atoms with Gasteiger partial charge in [-0.15, -0.1) is 0 Å². The average Bonchev–Trinajstić information content (AvgIpc) is 2.36. The topological polar surface area (TPSA) is 96.5 Å². The van der Waals surface area contributed by atoms with Gasteiger partial charge < -0.3 is 10.1 Å². The Morgan fingerprint density at radius 2 is 2.14 bits per heavy atom. The second kappa shape index (κ2) is 6.21. The van der Waals surface area contributed by atoms with E-state index in [4.69, 9.17) is 4.74 Å². The minimum absolute atomic E-state index is 0.394. The number of carbonyl (C=O) groups is 1. The van der Waals surface area contributed by atoms with Gasteiger partial charge >= 0.3 is 16.3 Å². The predicted molar refractivity (Wildman–Crippen MR) is 80.5 cm³/mol. The van der Waals surface area contributed by atoms with E-state index < -0.39 is 22.4 Å². The SMILES string of the molecule is CC(C)OC(=O)NS(=O)(=O)Nc1ccc2c(c1)CCCN2. The van der Waals surface area contributed by atoms with Crippen LogP contribution in [0.15, 0.2) is 18.2 Å². The van der Waals surface area contributed by atoms with Gasteiger partial charge in [0.25, 0.3) is 0 Å². The Bertz CT molecular complexity index is 628. The molecule has 21 heavy (non-hydrogen) atoms. The van der Waals surface area contributed by atoms with E-state index in [9.17, 15) is 13.2 Å². The highest BCUT2D eigenvalue weighted by Gasteiger charge is 2.17. The molecule has 7 nitrogen and oxygen atoms in total. The van der Waals surface area contributed by atoms with Gasteiger partial charge in [-0.2, -0.15) is 8.42 Å². The number of ether oxygens (including phenoxy) is 1. The molecule has 0 aliphatic carbocycles. The van der Waals surface area contributed by atoms with Crippen molar-refractivity contribution in [2.45, 2.75) is 32.8 Å². The molecule has 0 saturated heterocycles. The number of fused-ring (bicyclic) bond motifs is 1. The van der Waals surface area contributed by atoms with E-state index in [2.05, 4.69) is 10.0 Å². The molecule has 1 aliphatic heterocycles. The van der Waals surface area contributed by atoms with Crippen LogP contribution in [0, 0.1) is 0 Å². The maximum Gasteiger partial charge on any atom is 0.422 e. The Balaban J connectivity index is 2.04. The molecule has 0 fully saturated rings. The van der Waals surface area contributed by atoms with Gasteiger partial charge in [-0.3, -0.25) is 4.72 Å². The summed E-state index contributed by atoms with van der Waals surface area (Å²) in [4.78, 5) is 11.3. The number of aryl methyl sites for hydroxylation is 1. The fraction of sp³-hybridized carbons (Fsp3) is 0.462. The summed E-state index contributed by atoms with van der Waals surface area (Å²) in [6, 6.07) is 5.22. The molecule has 0 saturated carbocycles. The normalized spacial score (nSPS) is 14.0. The second-order valence-electron chi connectivity index (χ2n) is 5.06.